The van der Waals surface area contributed by atoms with Gasteiger partial charge in [-0.25, -0.2) is 4.39 Å². The van der Waals surface area contributed by atoms with Gasteiger partial charge >= 0.3 is 0 Å². The molecule has 154 valence electrons. The van der Waals surface area contributed by atoms with Crippen molar-refractivity contribution >= 4 is 29.9 Å². The Kier molecular flexibility index (Phi) is 8.21. The summed E-state index contributed by atoms with van der Waals surface area (Å²) in [4.78, 5) is 4.30. The number of halogens is 2. The molecule has 0 unspecified atom stereocenters. The number of benzene rings is 1. The van der Waals surface area contributed by atoms with Crippen LogP contribution in [0.1, 0.15) is 50.3 Å². The van der Waals surface area contributed by atoms with E-state index in [0.29, 0.717) is 19.0 Å². The molecule has 2 N–H and O–H groups in total. The van der Waals surface area contributed by atoms with Crippen LogP contribution >= 0.6 is 24.0 Å². The summed E-state index contributed by atoms with van der Waals surface area (Å²) in [5, 5.41) is 15.3. The minimum Gasteiger partial charge on any atom is -0.356 e. The minimum atomic E-state index is -0.230. The van der Waals surface area contributed by atoms with Crippen molar-refractivity contribution in [1.29, 1.82) is 0 Å². The first-order chi connectivity index (χ1) is 13.0. The highest BCUT2D eigenvalue weighted by molar-refractivity contribution is 14.0. The van der Waals surface area contributed by atoms with Crippen LogP contribution in [0.4, 0.5) is 4.39 Å². The second kappa shape index (κ2) is 10.2. The molecule has 1 aromatic carbocycles. The zero-order valence-electron chi connectivity index (χ0n) is 16.8. The Morgan fingerprint density at radius 1 is 1.21 bits per heavy atom. The van der Waals surface area contributed by atoms with Crippen molar-refractivity contribution in [2.75, 3.05) is 13.6 Å². The van der Waals surface area contributed by atoms with E-state index in [4.69, 9.17) is 0 Å². The first-order valence-corrected chi connectivity index (χ1v) is 9.61. The highest BCUT2D eigenvalue weighted by Crippen LogP contribution is 2.22. The fourth-order valence-electron chi connectivity index (χ4n) is 3.38. The van der Waals surface area contributed by atoms with Gasteiger partial charge in [0.05, 0.1) is 6.54 Å². The van der Waals surface area contributed by atoms with E-state index in [0.717, 1.165) is 30.2 Å². The zero-order valence-corrected chi connectivity index (χ0v) is 19.2. The van der Waals surface area contributed by atoms with Gasteiger partial charge in [-0.15, -0.1) is 34.2 Å². The second-order valence-electron chi connectivity index (χ2n) is 7.67. The summed E-state index contributed by atoms with van der Waals surface area (Å²) in [5.41, 5.74) is 0.722. The maximum atomic E-state index is 13.5. The monoisotopic (exact) mass is 500 g/mol. The van der Waals surface area contributed by atoms with Gasteiger partial charge in [-0.05, 0) is 30.5 Å². The molecule has 28 heavy (non-hydrogen) atoms. The number of aliphatic imine (C=N–C) groups is 1. The molecule has 1 aliphatic heterocycles. The molecular formula is C20H30FIN6. The van der Waals surface area contributed by atoms with E-state index < -0.39 is 0 Å². The van der Waals surface area contributed by atoms with Crippen molar-refractivity contribution in [3.63, 3.8) is 0 Å². The number of rotatable bonds is 5. The quantitative estimate of drug-likeness (QED) is 0.375. The van der Waals surface area contributed by atoms with Gasteiger partial charge in [-0.3, -0.25) is 4.99 Å². The number of hydrogen-bond donors (Lipinski definition) is 2. The van der Waals surface area contributed by atoms with Gasteiger partial charge in [0.2, 0.25) is 0 Å². The normalized spacial score (nSPS) is 14.6. The third-order valence-corrected chi connectivity index (χ3v) is 5.13. The van der Waals surface area contributed by atoms with E-state index in [-0.39, 0.29) is 35.2 Å². The average molecular weight is 500 g/mol. The Balaban J connectivity index is 0.00000280. The van der Waals surface area contributed by atoms with Crippen LogP contribution in [0.25, 0.3) is 0 Å². The number of fused-ring (bicyclic) bond motifs is 1. The molecule has 0 fully saturated rings. The molecule has 0 spiro atoms. The van der Waals surface area contributed by atoms with Crippen LogP contribution < -0.4 is 10.6 Å². The molecule has 2 heterocycles. The van der Waals surface area contributed by atoms with E-state index >= 15 is 0 Å². The van der Waals surface area contributed by atoms with Crippen molar-refractivity contribution in [1.82, 2.24) is 25.4 Å². The maximum Gasteiger partial charge on any atom is 0.191 e. The molecule has 0 atom stereocenters. The highest BCUT2D eigenvalue weighted by Gasteiger charge is 2.22. The predicted octanol–water partition coefficient (Wildman–Crippen LogP) is 3.40. The number of nitrogens with zero attached hydrogens (tertiary/aromatic N) is 4. The predicted molar refractivity (Wildman–Crippen MR) is 121 cm³/mol. The number of aryl methyl sites for hydroxylation is 1. The number of aromatic nitrogens is 3. The molecule has 6 nitrogen and oxygen atoms in total. The molecular weight excluding hydrogens is 470 g/mol. The zero-order chi connectivity index (χ0) is 19.3. The van der Waals surface area contributed by atoms with Crippen molar-refractivity contribution in [3.8, 4) is 0 Å². The topological polar surface area (TPSA) is 67.1 Å². The van der Waals surface area contributed by atoms with E-state index in [1.165, 1.54) is 25.3 Å². The average Bonchev–Trinajstić information content (AvgIpc) is 2.88. The molecule has 1 aliphatic rings. The van der Waals surface area contributed by atoms with Crippen LogP contribution in [0.3, 0.4) is 0 Å². The van der Waals surface area contributed by atoms with Crippen LogP contribution in [0.15, 0.2) is 29.3 Å². The Hall–Kier alpha value is -1.71. The van der Waals surface area contributed by atoms with Crippen LogP contribution in [-0.2, 0) is 24.9 Å². The van der Waals surface area contributed by atoms with Crippen LogP contribution in [0, 0.1) is 5.82 Å². The van der Waals surface area contributed by atoms with Crippen molar-refractivity contribution in [2.24, 2.45) is 4.99 Å². The lowest BCUT2D eigenvalue weighted by Gasteiger charge is -2.26. The molecule has 1 aromatic heterocycles. The van der Waals surface area contributed by atoms with Gasteiger partial charge in [0.1, 0.15) is 11.6 Å². The standard InChI is InChI=1S/C20H29FN6.HI/c1-20(2,15-8-7-9-16(21)12-15)14-24-19(22-3)23-13-18-26-25-17-10-5-4-6-11-27(17)18;/h7-9,12H,4-6,10-11,13-14H2,1-3H3,(H2,22,23,24);1H. The second-order valence-corrected chi connectivity index (χ2v) is 7.67. The van der Waals surface area contributed by atoms with E-state index in [2.05, 4.69) is 44.2 Å². The smallest absolute Gasteiger partial charge is 0.191 e. The summed E-state index contributed by atoms with van der Waals surface area (Å²) in [6.07, 6.45) is 4.60. The molecule has 0 saturated heterocycles. The van der Waals surface area contributed by atoms with Crippen molar-refractivity contribution in [2.45, 2.75) is 58.0 Å². The highest BCUT2D eigenvalue weighted by atomic mass is 127. The Morgan fingerprint density at radius 3 is 2.79 bits per heavy atom. The lowest BCUT2D eigenvalue weighted by atomic mass is 9.84. The molecule has 8 heteroatoms. The summed E-state index contributed by atoms with van der Waals surface area (Å²) in [6.45, 7) is 6.36. The lowest BCUT2D eigenvalue weighted by Crippen LogP contribution is -2.43. The fraction of sp³-hybridized carbons (Fsp3) is 0.550. The van der Waals surface area contributed by atoms with Crippen molar-refractivity contribution in [3.05, 3.63) is 47.3 Å². The molecule has 0 radical (unpaired) electrons. The number of guanidine groups is 1. The summed E-state index contributed by atoms with van der Waals surface area (Å²) in [5.74, 6) is 2.51. The largest absolute Gasteiger partial charge is 0.356 e. The van der Waals surface area contributed by atoms with Gasteiger partial charge < -0.3 is 15.2 Å². The SMILES string of the molecule is CN=C(NCc1nnc2n1CCCCC2)NCC(C)(C)c1cccc(F)c1.I. The summed E-state index contributed by atoms with van der Waals surface area (Å²) in [7, 11) is 1.74. The van der Waals surface area contributed by atoms with Gasteiger partial charge in [0.25, 0.3) is 0 Å². The Bertz CT molecular complexity index is 802. The Labute approximate surface area is 183 Å². The molecule has 3 rings (SSSR count). The van der Waals surface area contributed by atoms with E-state index in [1.54, 1.807) is 19.2 Å². The van der Waals surface area contributed by atoms with Crippen molar-refractivity contribution < 1.29 is 4.39 Å². The van der Waals surface area contributed by atoms with E-state index in [9.17, 15) is 4.39 Å². The molecule has 2 aromatic rings. The number of hydrogen-bond acceptors (Lipinski definition) is 3. The van der Waals surface area contributed by atoms with E-state index in [1.807, 2.05) is 6.07 Å². The van der Waals surface area contributed by atoms with Gasteiger partial charge in [0, 0.05) is 32.0 Å². The van der Waals surface area contributed by atoms with Gasteiger partial charge in [0.15, 0.2) is 11.8 Å². The third-order valence-electron chi connectivity index (χ3n) is 5.13. The van der Waals surface area contributed by atoms with Crippen LogP contribution in [-0.4, -0.2) is 34.3 Å². The van der Waals surface area contributed by atoms with Gasteiger partial charge in [-0.2, -0.15) is 0 Å². The van der Waals surface area contributed by atoms with Gasteiger partial charge in [-0.1, -0.05) is 32.4 Å². The van der Waals surface area contributed by atoms with Crippen LogP contribution in [0.2, 0.25) is 0 Å². The summed E-state index contributed by atoms with van der Waals surface area (Å²) >= 11 is 0. The third kappa shape index (κ3) is 5.65. The lowest BCUT2D eigenvalue weighted by molar-refractivity contribution is 0.502. The Morgan fingerprint density at radius 2 is 2.04 bits per heavy atom. The minimum absolute atomic E-state index is 0. The van der Waals surface area contributed by atoms with Crippen LogP contribution in [0.5, 0.6) is 0 Å². The molecule has 0 saturated carbocycles. The molecule has 0 bridgehead atoms. The number of nitrogens with one attached hydrogen (secondary N) is 2. The molecule has 0 amide bonds. The first-order valence-electron chi connectivity index (χ1n) is 9.61. The maximum absolute atomic E-state index is 13.5. The first kappa shape index (κ1) is 22.6. The molecule has 0 aliphatic carbocycles. The summed E-state index contributed by atoms with van der Waals surface area (Å²) in [6, 6.07) is 6.75. The summed E-state index contributed by atoms with van der Waals surface area (Å²) < 4.78 is 15.8. The fourth-order valence-corrected chi connectivity index (χ4v) is 3.38.